The molecule has 0 radical (unpaired) electrons. The van der Waals surface area contributed by atoms with Gasteiger partial charge in [-0.15, -0.1) is 11.3 Å². The molecule has 0 unspecified atom stereocenters. The Morgan fingerprint density at radius 3 is 2.74 bits per heavy atom. The Kier molecular flexibility index (Phi) is 6.48. The molecule has 5 rings (SSSR count). The van der Waals surface area contributed by atoms with Crippen molar-refractivity contribution in [3.05, 3.63) is 64.0 Å². The summed E-state index contributed by atoms with van der Waals surface area (Å²) in [6.07, 6.45) is 3.21. The molecule has 0 aliphatic carbocycles. The summed E-state index contributed by atoms with van der Waals surface area (Å²) in [6.45, 7) is 6.16. The van der Waals surface area contributed by atoms with Crippen LogP contribution >= 0.6 is 11.3 Å². The molecule has 0 spiro atoms. The number of aromatic nitrogens is 1. The Balaban J connectivity index is 1.31. The van der Waals surface area contributed by atoms with E-state index in [-0.39, 0.29) is 11.8 Å². The first-order valence-corrected chi connectivity index (χ1v) is 12.7. The lowest BCUT2D eigenvalue weighted by molar-refractivity contribution is -0.117. The fourth-order valence-electron chi connectivity index (χ4n) is 4.82. The summed E-state index contributed by atoms with van der Waals surface area (Å²) in [7, 11) is 0. The van der Waals surface area contributed by atoms with Gasteiger partial charge in [-0.2, -0.15) is 0 Å². The highest BCUT2D eigenvalue weighted by molar-refractivity contribution is 7.16. The van der Waals surface area contributed by atoms with Gasteiger partial charge in [0.05, 0.1) is 5.69 Å². The molecule has 6 nitrogen and oxygen atoms in total. The quantitative estimate of drug-likeness (QED) is 0.537. The van der Waals surface area contributed by atoms with Crippen molar-refractivity contribution < 1.29 is 14.3 Å². The predicted octanol–water partition coefficient (Wildman–Crippen LogP) is 5.39. The van der Waals surface area contributed by atoms with Gasteiger partial charge < -0.3 is 15.0 Å². The van der Waals surface area contributed by atoms with E-state index in [9.17, 15) is 9.59 Å². The minimum absolute atomic E-state index is 0.0199. The zero-order chi connectivity index (χ0) is 23.7. The number of hydrogen-bond donors (Lipinski definition) is 1. The summed E-state index contributed by atoms with van der Waals surface area (Å²) >= 11 is 1.50. The van der Waals surface area contributed by atoms with E-state index in [1.807, 2.05) is 55.1 Å². The van der Waals surface area contributed by atoms with Gasteiger partial charge in [0.1, 0.15) is 0 Å². The van der Waals surface area contributed by atoms with E-state index in [0.29, 0.717) is 24.0 Å². The second kappa shape index (κ2) is 9.68. The van der Waals surface area contributed by atoms with Crippen LogP contribution in [0.1, 0.15) is 45.6 Å². The second-order valence-corrected chi connectivity index (χ2v) is 10.3. The third-order valence-corrected chi connectivity index (χ3v) is 7.61. The topological polar surface area (TPSA) is 71.5 Å². The van der Waals surface area contributed by atoms with Crippen molar-refractivity contribution in [3.63, 3.8) is 0 Å². The van der Waals surface area contributed by atoms with E-state index in [2.05, 4.69) is 11.4 Å². The van der Waals surface area contributed by atoms with Crippen molar-refractivity contribution >= 4 is 34.0 Å². The van der Waals surface area contributed by atoms with E-state index in [1.165, 1.54) is 11.3 Å². The highest BCUT2D eigenvalue weighted by atomic mass is 32.1. The molecule has 1 fully saturated rings. The molecule has 34 heavy (non-hydrogen) atoms. The number of nitrogens with one attached hydrogen (secondary N) is 1. The molecule has 7 heteroatoms. The molecule has 0 saturated carbocycles. The maximum absolute atomic E-state index is 13.2. The maximum Gasteiger partial charge on any atom is 0.258 e. The van der Waals surface area contributed by atoms with Crippen LogP contribution in [0.3, 0.4) is 0 Å². The number of ether oxygens (including phenoxy) is 1. The molecule has 176 valence electrons. The first-order valence-electron chi connectivity index (χ1n) is 11.9. The summed E-state index contributed by atoms with van der Waals surface area (Å²) in [4.78, 5) is 33.3. The standard InChI is InChI=1S/C27H29N3O3S/c1-17-5-3-4-6-22(17)26(32)30-12-9-20-16-21(7-8-23(20)30)25-18(2)34-27(29-25)28-24(31)15-19-10-13-33-14-11-19/h3-8,16,19H,9-15H2,1-2H3,(H,28,29,31). The summed E-state index contributed by atoms with van der Waals surface area (Å²) < 4.78 is 5.38. The fourth-order valence-corrected chi connectivity index (χ4v) is 5.67. The largest absolute Gasteiger partial charge is 0.381 e. The van der Waals surface area contributed by atoms with Crippen LogP contribution in [0.2, 0.25) is 0 Å². The third kappa shape index (κ3) is 4.63. The number of carbonyl (C=O) groups excluding carboxylic acids is 2. The molecule has 3 heterocycles. The zero-order valence-corrected chi connectivity index (χ0v) is 20.4. The molecule has 1 N–H and O–H groups in total. The average molecular weight is 476 g/mol. The minimum Gasteiger partial charge on any atom is -0.381 e. The van der Waals surface area contributed by atoms with Gasteiger partial charge in [0.25, 0.3) is 5.91 Å². The lowest BCUT2D eigenvalue weighted by atomic mass is 9.96. The van der Waals surface area contributed by atoms with Crippen molar-refractivity contribution in [2.75, 3.05) is 30.0 Å². The molecule has 0 atom stereocenters. The molecular formula is C27H29N3O3S. The van der Waals surface area contributed by atoms with Crippen LogP contribution in [-0.2, 0) is 16.0 Å². The SMILES string of the molecule is Cc1ccccc1C(=O)N1CCc2cc(-c3nc(NC(=O)CC4CCOCC4)sc3C)ccc21. The van der Waals surface area contributed by atoms with E-state index in [0.717, 1.165) is 71.0 Å². The molecular weight excluding hydrogens is 446 g/mol. The minimum atomic E-state index is 0.0199. The first-order chi connectivity index (χ1) is 16.5. The average Bonchev–Trinajstić information content (AvgIpc) is 3.42. The molecule has 2 aliphatic rings. The van der Waals surface area contributed by atoms with Crippen LogP contribution in [0.25, 0.3) is 11.3 Å². The number of benzene rings is 2. The molecule has 1 aromatic heterocycles. The number of carbonyl (C=O) groups is 2. The number of nitrogens with zero attached hydrogens (tertiary/aromatic N) is 2. The van der Waals surface area contributed by atoms with Crippen LogP contribution in [-0.4, -0.2) is 36.6 Å². The molecule has 1 saturated heterocycles. The van der Waals surface area contributed by atoms with Gasteiger partial charge in [-0.25, -0.2) is 4.98 Å². The Morgan fingerprint density at radius 1 is 1.15 bits per heavy atom. The smallest absolute Gasteiger partial charge is 0.258 e. The van der Waals surface area contributed by atoms with Gasteiger partial charge >= 0.3 is 0 Å². The van der Waals surface area contributed by atoms with E-state index < -0.39 is 0 Å². The van der Waals surface area contributed by atoms with Gasteiger partial charge in [0, 0.05) is 47.9 Å². The van der Waals surface area contributed by atoms with Gasteiger partial charge in [0.2, 0.25) is 5.91 Å². The number of rotatable bonds is 5. The number of thiazole rings is 1. The van der Waals surface area contributed by atoms with Crippen molar-refractivity contribution in [1.29, 1.82) is 0 Å². The van der Waals surface area contributed by atoms with Crippen molar-refractivity contribution in [2.24, 2.45) is 5.92 Å². The van der Waals surface area contributed by atoms with Crippen LogP contribution in [0.4, 0.5) is 10.8 Å². The normalized spacial score (nSPS) is 15.9. The number of hydrogen-bond acceptors (Lipinski definition) is 5. The van der Waals surface area contributed by atoms with Gasteiger partial charge in [-0.1, -0.05) is 24.3 Å². The van der Waals surface area contributed by atoms with Crippen LogP contribution in [0.5, 0.6) is 0 Å². The summed E-state index contributed by atoms with van der Waals surface area (Å²) in [6, 6.07) is 13.9. The first kappa shape index (κ1) is 22.7. The lowest BCUT2D eigenvalue weighted by Gasteiger charge is -2.20. The molecule has 0 bridgehead atoms. The van der Waals surface area contributed by atoms with Gasteiger partial charge in [0.15, 0.2) is 5.13 Å². The van der Waals surface area contributed by atoms with E-state index in [1.54, 1.807) is 0 Å². The van der Waals surface area contributed by atoms with Crippen molar-refractivity contribution in [1.82, 2.24) is 4.98 Å². The molecule has 2 aliphatic heterocycles. The Morgan fingerprint density at radius 2 is 1.94 bits per heavy atom. The third-order valence-electron chi connectivity index (χ3n) is 6.73. The Bertz CT molecular complexity index is 1230. The van der Waals surface area contributed by atoms with Gasteiger partial charge in [-0.3, -0.25) is 9.59 Å². The van der Waals surface area contributed by atoms with Crippen molar-refractivity contribution in [3.8, 4) is 11.3 Å². The lowest BCUT2D eigenvalue weighted by Crippen LogP contribution is -2.29. The maximum atomic E-state index is 13.2. The zero-order valence-electron chi connectivity index (χ0n) is 19.6. The van der Waals surface area contributed by atoms with Gasteiger partial charge in [-0.05, 0) is 68.4 Å². The van der Waals surface area contributed by atoms with Crippen LogP contribution in [0.15, 0.2) is 42.5 Å². The number of aryl methyl sites for hydroxylation is 2. The Hall–Kier alpha value is -3.03. The highest BCUT2D eigenvalue weighted by Crippen LogP contribution is 2.36. The summed E-state index contributed by atoms with van der Waals surface area (Å²) in [5.74, 6) is 0.451. The van der Waals surface area contributed by atoms with Crippen LogP contribution < -0.4 is 10.2 Å². The molecule has 2 aromatic carbocycles. The highest BCUT2D eigenvalue weighted by Gasteiger charge is 2.27. The predicted molar refractivity (Wildman–Crippen MR) is 136 cm³/mol. The number of fused-ring (bicyclic) bond motifs is 1. The molecule has 2 amide bonds. The van der Waals surface area contributed by atoms with E-state index >= 15 is 0 Å². The second-order valence-electron chi connectivity index (χ2n) is 9.10. The monoisotopic (exact) mass is 475 g/mol. The number of amides is 2. The van der Waals surface area contributed by atoms with Crippen molar-refractivity contribution in [2.45, 2.75) is 39.5 Å². The van der Waals surface area contributed by atoms with Crippen LogP contribution in [0, 0.1) is 19.8 Å². The number of anilines is 2. The fraction of sp³-hybridized carbons (Fsp3) is 0.370. The molecule has 3 aromatic rings. The summed E-state index contributed by atoms with van der Waals surface area (Å²) in [5.41, 5.74) is 5.75. The summed E-state index contributed by atoms with van der Waals surface area (Å²) in [5, 5.41) is 3.63. The Labute approximate surface area is 204 Å². The van der Waals surface area contributed by atoms with E-state index in [4.69, 9.17) is 9.72 Å².